The lowest BCUT2D eigenvalue weighted by Gasteiger charge is -2.33. The molecule has 0 atom stereocenters. The predicted octanol–water partition coefficient (Wildman–Crippen LogP) is 3.03. The maximum Gasteiger partial charge on any atom is 0.410 e. The lowest BCUT2D eigenvalue weighted by atomic mass is 10.0. The van der Waals surface area contributed by atoms with Crippen LogP contribution >= 0.6 is 0 Å². The third-order valence-corrected chi connectivity index (χ3v) is 4.31. The third-order valence-electron chi connectivity index (χ3n) is 4.31. The van der Waals surface area contributed by atoms with Crippen molar-refractivity contribution in [2.45, 2.75) is 84.3 Å². The fraction of sp³-hybridized carbons (Fsp3) is 0.789. The minimum Gasteiger partial charge on any atom is -0.444 e. The van der Waals surface area contributed by atoms with E-state index in [1.54, 1.807) is 4.90 Å². The number of carbonyl (C=O) groups is 2. The quantitative estimate of drug-likeness (QED) is 0.815. The van der Waals surface area contributed by atoms with E-state index in [9.17, 15) is 9.59 Å². The fourth-order valence-corrected chi connectivity index (χ4v) is 2.84. The lowest BCUT2D eigenvalue weighted by molar-refractivity contribution is -0.122. The normalized spacial score (nSPS) is 15.9. The summed E-state index contributed by atoms with van der Waals surface area (Å²) >= 11 is 0. The molecule has 0 saturated carbocycles. The Balaban J connectivity index is 1.64. The van der Waals surface area contributed by atoms with E-state index in [-0.39, 0.29) is 24.0 Å². The van der Waals surface area contributed by atoms with Gasteiger partial charge in [-0.1, -0.05) is 19.0 Å². The van der Waals surface area contributed by atoms with Gasteiger partial charge in [-0.25, -0.2) is 4.79 Å². The van der Waals surface area contributed by atoms with Crippen LogP contribution in [0.15, 0.2) is 4.52 Å². The van der Waals surface area contributed by atoms with Crippen molar-refractivity contribution in [3.8, 4) is 0 Å². The summed E-state index contributed by atoms with van der Waals surface area (Å²) in [6, 6.07) is 0.104. The number of nitrogens with zero attached hydrogens (tertiary/aromatic N) is 3. The smallest absolute Gasteiger partial charge is 0.410 e. The molecule has 2 rings (SSSR count). The van der Waals surface area contributed by atoms with Gasteiger partial charge in [0.25, 0.3) is 0 Å². The molecule has 0 spiro atoms. The van der Waals surface area contributed by atoms with Crippen molar-refractivity contribution in [3.05, 3.63) is 11.7 Å². The van der Waals surface area contributed by atoms with Crippen molar-refractivity contribution >= 4 is 12.0 Å². The molecule has 1 fully saturated rings. The molecule has 0 unspecified atom stereocenters. The molecule has 2 amide bonds. The molecule has 1 aromatic rings. The van der Waals surface area contributed by atoms with E-state index >= 15 is 0 Å². The summed E-state index contributed by atoms with van der Waals surface area (Å²) in [5, 5.41) is 6.97. The van der Waals surface area contributed by atoms with Crippen LogP contribution in [0.25, 0.3) is 0 Å². The summed E-state index contributed by atoms with van der Waals surface area (Å²) < 4.78 is 10.6. The molecule has 0 radical (unpaired) electrons. The van der Waals surface area contributed by atoms with E-state index in [4.69, 9.17) is 9.26 Å². The number of aryl methyl sites for hydroxylation is 1. The van der Waals surface area contributed by atoms with Crippen LogP contribution in [0.3, 0.4) is 0 Å². The zero-order valence-corrected chi connectivity index (χ0v) is 17.1. The van der Waals surface area contributed by atoms with Crippen LogP contribution < -0.4 is 5.32 Å². The van der Waals surface area contributed by atoms with Gasteiger partial charge in [0, 0.05) is 37.9 Å². The molecule has 8 nitrogen and oxygen atoms in total. The molecule has 2 heterocycles. The second kappa shape index (κ2) is 9.19. The van der Waals surface area contributed by atoms with E-state index in [0.29, 0.717) is 44.1 Å². The standard InChI is InChI=1S/C19H32N4O4/c1-13(2)17-21-16(27-22-17)8-6-7-15(24)20-14-9-11-23(12-10-14)18(25)26-19(3,4)5/h13-14H,6-12H2,1-5H3,(H,20,24). The Morgan fingerprint density at radius 2 is 1.96 bits per heavy atom. The lowest BCUT2D eigenvalue weighted by Crippen LogP contribution is -2.47. The maximum atomic E-state index is 12.1. The number of rotatable bonds is 6. The summed E-state index contributed by atoms with van der Waals surface area (Å²) in [4.78, 5) is 30.2. The number of hydrogen-bond donors (Lipinski definition) is 1. The van der Waals surface area contributed by atoms with E-state index in [0.717, 1.165) is 12.8 Å². The topological polar surface area (TPSA) is 97.6 Å². The van der Waals surface area contributed by atoms with Crippen LogP contribution in [0.2, 0.25) is 0 Å². The van der Waals surface area contributed by atoms with Gasteiger partial charge in [0.2, 0.25) is 11.8 Å². The monoisotopic (exact) mass is 380 g/mol. The van der Waals surface area contributed by atoms with Gasteiger partial charge in [-0.2, -0.15) is 4.98 Å². The predicted molar refractivity (Wildman–Crippen MR) is 100 cm³/mol. The van der Waals surface area contributed by atoms with Crippen LogP contribution in [-0.2, 0) is 16.0 Å². The number of aromatic nitrogens is 2. The van der Waals surface area contributed by atoms with Gasteiger partial charge in [0.1, 0.15) is 5.60 Å². The van der Waals surface area contributed by atoms with Crippen molar-refractivity contribution in [2.75, 3.05) is 13.1 Å². The van der Waals surface area contributed by atoms with Crippen LogP contribution in [0.1, 0.15) is 77.9 Å². The molecular formula is C19H32N4O4. The Bertz CT molecular complexity index is 628. The molecule has 27 heavy (non-hydrogen) atoms. The highest BCUT2D eigenvalue weighted by Crippen LogP contribution is 2.16. The first kappa shape index (κ1) is 21.2. The average molecular weight is 380 g/mol. The van der Waals surface area contributed by atoms with E-state index in [2.05, 4.69) is 15.5 Å². The van der Waals surface area contributed by atoms with Crippen LogP contribution in [-0.4, -0.2) is 51.8 Å². The molecule has 1 aliphatic heterocycles. The summed E-state index contributed by atoms with van der Waals surface area (Å²) in [5.74, 6) is 1.54. The Morgan fingerprint density at radius 3 is 2.52 bits per heavy atom. The molecule has 1 aromatic heterocycles. The SMILES string of the molecule is CC(C)c1noc(CCCC(=O)NC2CCN(C(=O)OC(C)(C)C)CC2)n1. The van der Waals surface area contributed by atoms with Gasteiger partial charge in [0.15, 0.2) is 5.82 Å². The molecule has 0 bridgehead atoms. The van der Waals surface area contributed by atoms with E-state index < -0.39 is 5.60 Å². The Labute approximate surface area is 161 Å². The first-order valence-corrected chi connectivity index (χ1v) is 9.74. The number of ether oxygens (including phenoxy) is 1. The van der Waals surface area contributed by atoms with Crippen molar-refractivity contribution in [2.24, 2.45) is 0 Å². The number of nitrogens with one attached hydrogen (secondary N) is 1. The van der Waals surface area contributed by atoms with Crippen LogP contribution in [0, 0.1) is 0 Å². The second-order valence-electron chi connectivity index (χ2n) is 8.36. The molecule has 152 valence electrons. The number of amides is 2. The number of piperidine rings is 1. The molecule has 1 aliphatic rings. The minimum atomic E-state index is -0.490. The summed E-state index contributed by atoms with van der Waals surface area (Å²) in [6.45, 7) is 10.8. The van der Waals surface area contributed by atoms with Crippen LogP contribution in [0.5, 0.6) is 0 Å². The molecule has 1 saturated heterocycles. The van der Waals surface area contributed by atoms with E-state index in [1.165, 1.54) is 0 Å². The zero-order chi connectivity index (χ0) is 20.0. The Morgan fingerprint density at radius 1 is 1.30 bits per heavy atom. The summed E-state index contributed by atoms with van der Waals surface area (Å²) in [5.41, 5.74) is -0.490. The molecule has 8 heteroatoms. The van der Waals surface area contributed by atoms with Gasteiger partial charge in [-0.15, -0.1) is 0 Å². The highest BCUT2D eigenvalue weighted by molar-refractivity contribution is 5.76. The van der Waals surface area contributed by atoms with E-state index in [1.807, 2.05) is 34.6 Å². The molecule has 0 aromatic carbocycles. The van der Waals surface area contributed by atoms with Crippen molar-refractivity contribution in [1.29, 1.82) is 0 Å². The summed E-state index contributed by atoms with van der Waals surface area (Å²) in [7, 11) is 0. The highest BCUT2D eigenvalue weighted by Gasteiger charge is 2.27. The highest BCUT2D eigenvalue weighted by atomic mass is 16.6. The Hall–Kier alpha value is -2.12. The van der Waals surface area contributed by atoms with Gasteiger partial charge in [-0.3, -0.25) is 4.79 Å². The van der Waals surface area contributed by atoms with Crippen molar-refractivity contribution in [3.63, 3.8) is 0 Å². The minimum absolute atomic E-state index is 0.0225. The van der Waals surface area contributed by atoms with Gasteiger partial charge in [-0.05, 0) is 40.0 Å². The molecular weight excluding hydrogens is 348 g/mol. The second-order valence-corrected chi connectivity index (χ2v) is 8.36. The number of hydrogen-bond acceptors (Lipinski definition) is 6. The maximum absolute atomic E-state index is 12.1. The first-order chi connectivity index (χ1) is 12.6. The zero-order valence-electron chi connectivity index (χ0n) is 17.1. The number of likely N-dealkylation sites (tertiary alicyclic amines) is 1. The number of carbonyl (C=O) groups excluding carboxylic acids is 2. The average Bonchev–Trinajstić information content (AvgIpc) is 3.03. The fourth-order valence-electron chi connectivity index (χ4n) is 2.84. The Kier molecular flexibility index (Phi) is 7.21. The molecule has 1 N–H and O–H groups in total. The molecule has 0 aliphatic carbocycles. The summed E-state index contributed by atoms with van der Waals surface area (Å²) in [6.07, 6.45) is 2.89. The van der Waals surface area contributed by atoms with Crippen LogP contribution in [0.4, 0.5) is 4.79 Å². The van der Waals surface area contributed by atoms with Gasteiger partial charge in [0.05, 0.1) is 0 Å². The third kappa shape index (κ3) is 7.19. The largest absolute Gasteiger partial charge is 0.444 e. The van der Waals surface area contributed by atoms with Crippen molar-refractivity contribution < 1.29 is 18.8 Å². The van der Waals surface area contributed by atoms with Gasteiger partial charge < -0.3 is 19.5 Å². The first-order valence-electron chi connectivity index (χ1n) is 9.74. The van der Waals surface area contributed by atoms with Crippen molar-refractivity contribution in [1.82, 2.24) is 20.4 Å². The van der Waals surface area contributed by atoms with Gasteiger partial charge >= 0.3 is 6.09 Å².